The van der Waals surface area contributed by atoms with Crippen molar-refractivity contribution in [1.82, 2.24) is 14.8 Å². The van der Waals surface area contributed by atoms with Crippen molar-refractivity contribution in [2.75, 3.05) is 24.3 Å². The van der Waals surface area contributed by atoms with Crippen LogP contribution in [0.15, 0.2) is 22.7 Å². The van der Waals surface area contributed by atoms with Crippen molar-refractivity contribution < 1.29 is 23.9 Å². The third kappa shape index (κ3) is 5.63. The summed E-state index contributed by atoms with van der Waals surface area (Å²) in [6.45, 7) is 8.04. The molecule has 3 heterocycles. The molecule has 0 unspecified atom stereocenters. The molecule has 0 bridgehead atoms. The van der Waals surface area contributed by atoms with E-state index in [1.54, 1.807) is 32.1 Å². The van der Waals surface area contributed by atoms with Gasteiger partial charge in [0, 0.05) is 6.54 Å². The van der Waals surface area contributed by atoms with E-state index >= 15 is 0 Å². The Labute approximate surface area is 203 Å². The van der Waals surface area contributed by atoms with Crippen LogP contribution in [0.2, 0.25) is 0 Å². The zero-order chi connectivity index (χ0) is 24.0. The Morgan fingerprint density at radius 3 is 2.48 bits per heavy atom. The van der Waals surface area contributed by atoms with Gasteiger partial charge in [0.1, 0.15) is 9.88 Å². The number of ether oxygens (including phenoxy) is 2. The van der Waals surface area contributed by atoms with E-state index in [-0.39, 0.29) is 40.3 Å². The third-order valence-electron chi connectivity index (χ3n) is 4.45. The van der Waals surface area contributed by atoms with Gasteiger partial charge in [-0.15, -0.1) is 32.9 Å². The lowest BCUT2D eigenvalue weighted by molar-refractivity contribution is -0.113. The minimum atomic E-state index is -0.601. The lowest BCUT2D eigenvalue weighted by Crippen LogP contribution is -2.17. The van der Waals surface area contributed by atoms with Crippen LogP contribution in [0.25, 0.3) is 10.7 Å². The van der Waals surface area contributed by atoms with Gasteiger partial charge in [0.25, 0.3) is 0 Å². The van der Waals surface area contributed by atoms with Crippen molar-refractivity contribution >= 4 is 57.3 Å². The number of hydrogen-bond acceptors (Lipinski definition) is 10. The number of aromatic nitrogens is 3. The summed E-state index contributed by atoms with van der Waals surface area (Å²) in [7, 11) is 0. The molecule has 1 amide bonds. The fourth-order valence-electron chi connectivity index (χ4n) is 3.00. The first-order valence-electron chi connectivity index (χ1n) is 10.3. The van der Waals surface area contributed by atoms with Gasteiger partial charge in [-0.2, -0.15) is 0 Å². The lowest BCUT2D eigenvalue weighted by atomic mass is 10.1. The highest BCUT2D eigenvalue weighted by atomic mass is 32.2. The number of anilines is 1. The summed E-state index contributed by atoms with van der Waals surface area (Å²) >= 11 is 3.82. The number of rotatable bonds is 10. The first-order valence-corrected chi connectivity index (χ1v) is 13.0. The molecule has 3 aromatic heterocycles. The van der Waals surface area contributed by atoms with E-state index < -0.39 is 11.9 Å². The summed E-state index contributed by atoms with van der Waals surface area (Å²) in [6, 6.07) is 3.92. The number of amides is 1. The molecule has 33 heavy (non-hydrogen) atoms. The largest absolute Gasteiger partial charge is 0.462 e. The molecular formula is C21H24N4O5S3. The van der Waals surface area contributed by atoms with Crippen molar-refractivity contribution in [1.29, 1.82) is 0 Å². The summed E-state index contributed by atoms with van der Waals surface area (Å²) in [6.07, 6.45) is 0. The van der Waals surface area contributed by atoms with Crippen molar-refractivity contribution in [3.63, 3.8) is 0 Å². The van der Waals surface area contributed by atoms with Crippen LogP contribution < -0.4 is 5.32 Å². The quantitative estimate of drug-likeness (QED) is 0.315. The van der Waals surface area contributed by atoms with Crippen LogP contribution in [0.4, 0.5) is 5.00 Å². The first-order chi connectivity index (χ1) is 15.9. The highest BCUT2D eigenvalue weighted by molar-refractivity contribution is 7.99. The van der Waals surface area contributed by atoms with E-state index in [1.807, 2.05) is 29.0 Å². The lowest BCUT2D eigenvalue weighted by Gasteiger charge is -2.08. The van der Waals surface area contributed by atoms with Crippen molar-refractivity contribution in [2.24, 2.45) is 0 Å². The number of nitrogens with one attached hydrogen (secondary N) is 1. The predicted octanol–water partition coefficient (Wildman–Crippen LogP) is 4.48. The maximum absolute atomic E-state index is 12.7. The molecule has 12 heteroatoms. The number of carbonyl (C=O) groups is 3. The fourth-order valence-corrected chi connectivity index (χ4v) is 5.63. The van der Waals surface area contributed by atoms with Crippen molar-refractivity contribution in [3.05, 3.63) is 33.5 Å². The zero-order valence-electron chi connectivity index (χ0n) is 18.7. The predicted molar refractivity (Wildman–Crippen MR) is 129 cm³/mol. The average Bonchev–Trinajstić information content (AvgIpc) is 3.51. The highest BCUT2D eigenvalue weighted by Gasteiger charge is 2.27. The summed E-state index contributed by atoms with van der Waals surface area (Å²) in [5.74, 6) is -0.677. The minimum Gasteiger partial charge on any atom is -0.462 e. The Bertz CT molecular complexity index is 1140. The second-order valence-corrected chi connectivity index (χ2v) is 9.48. The molecule has 0 aromatic carbocycles. The van der Waals surface area contributed by atoms with E-state index in [4.69, 9.17) is 9.47 Å². The summed E-state index contributed by atoms with van der Waals surface area (Å²) < 4.78 is 12.1. The third-order valence-corrected chi connectivity index (χ3v) is 7.47. The molecule has 0 aliphatic heterocycles. The zero-order valence-corrected chi connectivity index (χ0v) is 21.1. The number of nitrogens with zero attached hydrogens (tertiary/aromatic N) is 3. The van der Waals surface area contributed by atoms with Crippen LogP contribution in [0.3, 0.4) is 0 Å². The maximum Gasteiger partial charge on any atom is 0.348 e. The molecule has 9 nitrogen and oxygen atoms in total. The van der Waals surface area contributed by atoms with E-state index in [9.17, 15) is 14.4 Å². The average molecular weight is 509 g/mol. The van der Waals surface area contributed by atoms with Crippen LogP contribution in [-0.4, -0.2) is 51.6 Å². The van der Waals surface area contributed by atoms with Crippen LogP contribution >= 0.6 is 34.4 Å². The fraction of sp³-hybridized carbons (Fsp3) is 0.381. The molecular weight excluding hydrogens is 484 g/mol. The van der Waals surface area contributed by atoms with Gasteiger partial charge in [-0.05, 0) is 44.7 Å². The highest BCUT2D eigenvalue weighted by Crippen LogP contribution is 2.35. The van der Waals surface area contributed by atoms with Crippen LogP contribution in [0.1, 0.15) is 46.4 Å². The topological polar surface area (TPSA) is 112 Å². The molecule has 1 N–H and O–H groups in total. The number of thiophene rings is 2. The number of carbonyl (C=O) groups excluding carboxylic acids is 3. The van der Waals surface area contributed by atoms with Gasteiger partial charge in [-0.3, -0.25) is 4.79 Å². The van der Waals surface area contributed by atoms with Gasteiger partial charge in [0.2, 0.25) is 5.91 Å². The molecule has 0 fully saturated rings. The monoisotopic (exact) mass is 508 g/mol. The van der Waals surface area contributed by atoms with Gasteiger partial charge in [-0.25, -0.2) is 9.59 Å². The first kappa shape index (κ1) is 24.9. The van der Waals surface area contributed by atoms with Gasteiger partial charge in [0.15, 0.2) is 11.0 Å². The summed E-state index contributed by atoms with van der Waals surface area (Å²) in [5, 5.41) is 14.1. The van der Waals surface area contributed by atoms with Crippen LogP contribution in [0.5, 0.6) is 0 Å². The number of thioether (sulfide) groups is 1. The van der Waals surface area contributed by atoms with E-state index in [0.29, 0.717) is 17.3 Å². The molecule has 0 aliphatic carbocycles. The molecule has 0 radical (unpaired) electrons. The maximum atomic E-state index is 12.7. The normalized spacial score (nSPS) is 10.8. The van der Waals surface area contributed by atoms with Crippen molar-refractivity contribution in [3.8, 4) is 10.7 Å². The molecule has 0 atom stereocenters. The Kier molecular flexibility index (Phi) is 8.64. The molecule has 3 rings (SSSR count). The van der Waals surface area contributed by atoms with Gasteiger partial charge >= 0.3 is 11.9 Å². The molecule has 176 valence electrons. The standard InChI is InChI=1S/C21H24N4O5S3/c1-5-25-17(13-9-8-10-31-13)23-24-21(25)32-11-14(26)22-18-15(19(27)29-6-2)12(4)16(33-18)20(28)30-7-3/h8-10H,5-7,11H2,1-4H3,(H,22,26). The molecule has 0 saturated carbocycles. The van der Waals surface area contributed by atoms with Crippen LogP contribution in [0, 0.1) is 6.92 Å². The van der Waals surface area contributed by atoms with E-state index in [1.165, 1.54) is 11.8 Å². The Hall–Kier alpha value is -2.70. The van der Waals surface area contributed by atoms with E-state index in [2.05, 4.69) is 15.5 Å². The molecule has 0 aliphatic rings. The van der Waals surface area contributed by atoms with Gasteiger partial charge < -0.3 is 19.4 Å². The van der Waals surface area contributed by atoms with E-state index in [0.717, 1.165) is 22.0 Å². The SMILES string of the molecule is CCOC(=O)c1sc(NC(=O)CSc2nnc(-c3cccs3)n2CC)c(C(=O)OCC)c1C. The van der Waals surface area contributed by atoms with Gasteiger partial charge in [0.05, 0.1) is 29.4 Å². The Morgan fingerprint density at radius 1 is 1.12 bits per heavy atom. The van der Waals surface area contributed by atoms with Gasteiger partial charge in [-0.1, -0.05) is 17.8 Å². The smallest absolute Gasteiger partial charge is 0.348 e. The minimum absolute atomic E-state index is 0.0521. The number of hydrogen-bond donors (Lipinski definition) is 1. The summed E-state index contributed by atoms with van der Waals surface area (Å²) in [5.41, 5.74) is 0.589. The second kappa shape index (κ2) is 11.4. The Balaban J connectivity index is 1.77. The van der Waals surface area contributed by atoms with Crippen LogP contribution in [-0.2, 0) is 20.8 Å². The summed E-state index contributed by atoms with van der Waals surface area (Å²) in [4.78, 5) is 38.8. The molecule has 0 saturated heterocycles. The van der Waals surface area contributed by atoms with Crippen molar-refractivity contribution in [2.45, 2.75) is 39.4 Å². The molecule has 3 aromatic rings. The Morgan fingerprint density at radius 2 is 1.85 bits per heavy atom. The molecule has 0 spiro atoms. The number of esters is 2. The second-order valence-electron chi connectivity index (χ2n) is 6.57.